The minimum absolute atomic E-state index is 0.140. The number of hydrogen-bond donors (Lipinski definition) is 2. The summed E-state index contributed by atoms with van der Waals surface area (Å²) < 4.78 is 28.6. The van der Waals surface area contributed by atoms with Crippen LogP contribution in [0.3, 0.4) is 0 Å². The number of hydrazone groups is 1. The summed E-state index contributed by atoms with van der Waals surface area (Å²) in [4.78, 5) is 12.6. The van der Waals surface area contributed by atoms with Crippen LogP contribution in [0.4, 0.5) is 0 Å². The van der Waals surface area contributed by atoms with Gasteiger partial charge in [0, 0.05) is 9.28 Å². The van der Waals surface area contributed by atoms with Crippen LogP contribution in [-0.4, -0.2) is 26.1 Å². The van der Waals surface area contributed by atoms with Crippen LogP contribution in [0.2, 0.25) is 0 Å². The highest BCUT2D eigenvalue weighted by molar-refractivity contribution is 14.1. The van der Waals surface area contributed by atoms with Gasteiger partial charge in [0.05, 0.1) is 4.90 Å². The fourth-order valence-corrected chi connectivity index (χ4v) is 3.74. The van der Waals surface area contributed by atoms with Gasteiger partial charge in [-0.1, -0.05) is 27.7 Å². The molecular formula is C17H26IN3O3S. The Kier molecular flexibility index (Phi) is 9.01. The lowest BCUT2D eigenvalue weighted by Gasteiger charge is -2.19. The fraction of sp³-hybridized carbons (Fsp3) is 0.529. The molecule has 1 unspecified atom stereocenters. The van der Waals surface area contributed by atoms with Crippen molar-refractivity contribution in [1.29, 1.82) is 0 Å². The molecule has 0 heterocycles. The smallest absolute Gasteiger partial charge is 0.258 e. The molecule has 1 aromatic rings. The molecule has 1 rings (SSSR count). The number of carbonyl (C=O) groups is 1. The van der Waals surface area contributed by atoms with Crippen LogP contribution in [0.15, 0.2) is 34.3 Å². The normalized spacial score (nSPS) is 12.7. The van der Waals surface area contributed by atoms with E-state index in [0.29, 0.717) is 6.42 Å². The van der Waals surface area contributed by atoms with Crippen LogP contribution in [0.5, 0.6) is 0 Å². The Bertz CT molecular complexity index is 694. The zero-order chi connectivity index (χ0) is 19.0. The minimum atomic E-state index is -3.78. The monoisotopic (exact) mass is 479 g/mol. The molecule has 140 valence electrons. The zero-order valence-corrected chi connectivity index (χ0v) is 18.0. The second-order valence-electron chi connectivity index (χ2n) is 6.12. The van der Waals surface area contributed by atoms with E-state index in [1.807, 2.05) is 27.7 Å². The van der Waals surface area contributed by atoms with Crippen molar-refractivity contribution in [2.75, 3.05) is 0 Å². The molecule has 0 aliphatic carbocycles. The number of benzene rings is 1. The number of nitrogens with zero attached hydrogens (tertiary/aromatic N) is 1. The molecule has 25 heavy (non-hydrogen) atoms. The molecule has 1 amide bonds. The van der Waals surface area contributed by atoms with E-state index in [9.17, 15) is 13.2 Å². The average molecular weight is 479 g/mol. The molecule has 6 nitrogen and oxygen atoms in total. The predicted octanol–water partition coefficient (Wildman–Crippen LogP) is 3.28. The Morgan fingerprint density at radius 1 is 1.16 bits per heavy atom. The summed E-state index contributed by atoms with van der Waals surface area (Å²) in [5.41, 5.74) is 3.35. The van der Waals surface area contributed by atoms with Gasteiger partial charge in [-0.15, -0.1) is 0 Å². The summed E-state index contributed by atoms with van der Waals surface area (Å²) in [6, 6.07) is 5.61. The molecule has 0 saturated heterocycles. The van der Waals surface area contributed by atoms with Crippen LogP contribution < -0.4 is 10.1 Å². The highest BCUT2D eigenvalue weighted by Crippen LogP contribution is 2.14. The van der Waals surface area contributed by atoms with Crippen molar-refractivity contribution in [2.24, 2.45) is 11.0 Å². The highest BCUT2D eigenvalue weighted by Gasteiger charge is 2.26. The number of rotatable bonds is 9. The van der Waals surface area contributed by atoms with Gasteiger partial charge in [0.1, 0.15) is 6.04 Å². The van der Waals surface area contributed by atoms with Gasteiger partial charge >= 0.3 is 0 Å². The van der Waals surface area contributed by atoms with Gasteiger partial charge in [0.25, 0.3) is 5.91 Å². The SMILES string of the molecule is CCC(CC)=NNC(=O)C(CC(C)C)NS(=O)(=O)c1ccc(I)cc1. The lowest BCUT2D eigenvalue weighted by molar-refractivity contribution is -0.123. The summed E-state index contributed by atoms with van der Waals surface area (Å²) >= 11 is 2.11. The Balaban J connectivity index is 2.96. The summed E-state index contributed by atoms with van der Waals surface area (Å²) in [5, 5.41) is 4.08. The second-order valence-corrected chi connectivity index (χ2v) is 9.08. The minimum Gasteiger partial charge on any atom is -0.271 e. The van der Waals surface area contributed by atoms with E-state index < -0.39 is 22.0 Å². The predicted molar refractivity (Wildman–Crippen MR) is 109 cm³/mol. The van der Waals surface area contributed by atoms with Crippen LogP contribution in [0, 0.1) is 9.49 Å². The van der Waals surface area contributed by atoms with Crippen molar-refractivity contribution in [1.82, 2.24) is 10.1 Å². The van der Waals surface area contributed by atoms with Crippen molar-refractivity contribution < 1.29 is 13.2 Å². The van der Waals surface area contributed by atoms with Gasteiger partial charge in [0.15, 0.2) is 0 Å². The van der Waals surface area contributed by atoms with E-state index in [1.165, 1.54) is 12.1 Å². The Morgan fingerprint density at radius 3 is 2.20 bits per heavy atom. The number of halogens is 1. The van der Waals surface area contributed by atoms with Crippen molar-refractivity contribution >= 4 is 44.2 Å². The third-order valence-corrected chi connectivity index (χ3v) is 5.79. The number of nitrogens with one attached hydrogen (secondary N) is 2. The van der Waals surface area contributed by atoms with Gasteiger partial charge < -0.3 is 0 Å². The van der Waals surface area contributed by atoms with Crippen molar-refractivity contribution in [3.63, 3.8) is 0 Å². The van der Waals surface area contributed by atoms with Crippen molar-refractivity contribution in [3.8, 4) is 0 Å². The zero-order valence-electron chi connectivity index (χ0n) is 15.0. The molecule has 1 atom stereocenters. The van der Waals surface area contributed by atoms with E-state index in [1.54, 1.807) is 12.1 Å². The molecule has 2 N–H and O–H groups in total. The van der Waals surface area contributed by atoms with E-state index in [4.69, 9.17) is 0 Å². The third kappa shape index (κ3) is 7.41. The Hall–Kier alpha value is -1.000. The lowest BCUT2D eigenvalue weighted by Crippen LogP contribution is -2.46. The topological polar surface area (TPSA) is 87.6 Å². The molecule has 0 fully saturated rings. The number of amides is 1. The fourth-order valence-electron chi connectivity index (χ4n) is 2.17. The second kappa shape index (κ2) is 10.2. The maximum Gasteiger partial charge on any atom is 0.258 e. The largest absolute Gasteiger partial charge is 0.271 e. The first-order chi connectivity index (χ1) is 11.7. The van der Waals surface area contributed by atoms with Gasteiger partial charge in [0.2, 0.25) is 10.0 Å². The van der Waals surface area contributed by atoms with Crippen LogP contribution in [0.1, 0.15) is 47.0 Å². The van der Waals surface area contributed by atoms with E-state index in [0.717, 1.165) is 22.1 Å². The molecule has 0 aromatic heterocycles. The van der Waals surface area contributed by atoms with Crippen molar-refractivity contribution in [2.45, 2.75) is 57.9 Å². The van der Waals surface area contributed by atoms with Gasteiger partial charge in [-0.05, 0) is 72.0 Å². The molecule has 0 aliphatic heterocycles. The number of carbonyl (C=O) groups excluding carboxylic acids is 1. The maximum atomic E-state index is 12.6. The molecule has 0 aliphatic rings. The first kappa shape index (κ1) is 22.0. The molecule has 0 saturated carbocycles. The van der Waals surface area contributed by atoms with E-state index >= 15 is 0 Å². The maximum absolute atomic E-state index is 12.6. The van der Waals surface area contributed by atoms with Crippen molar-refractivity contribution in [3.05, 3.63) is 27.8 Å². The van der Waals surface area contributed by atoms with Crippen LogP contribution in [0.25, 0.3) is 0 Å². The highest BCUT2D eigenvalue weighted by atomic mass is 127. The molecule has 0 spiro atoms. The van der Waals surface area contributed by atoms with Crippen LogP contribution in [-0.2, 0) is 14.8 Å². The third-order valence-electron chi connectivity index (χ3n) is 3.59. The molecule has 1 aromatic carbocycles. The first-order valence-electron chi connectivity index (χ1n) is 8.32. The quantitative estimate of drug-likeness (QED) is 0.324. The summed E-state index contributed by atoms with van der Waals surface area (Å²) in [6.45, 7) is 7.79. The van der Waals surface area contributed by atoms with Gasteiger partial charge in [-0.25, -0.2) is 13.8 Å². The molecular weight excluding hydrogens is 453 g/mol. The first-order valence-corrected chi connectivity index (χ1v) is 10.9. The summed E-state index contributed by atoms with van der Waals surface area (Å²) in [5.74, 6) is -0.293. The van der Waals surface area contributed by atoms with Gasteiger partial charge in [-0.3, -0.25) is 4.79 Å². The molecule has 8 heteroatoms. The van der Waals surface area contributed by atoms with Crippen LogP contribution >= 0.6 is 22.6 Å². The van der Waals surface area contributed by atoms with E-state index in [2.05, 4.69) is 37.8 Å². The summed E-state index contributed by atoms with van der Waals surface area (Å²) in [7, 11) is -3.78. The standard InChI is InChI=1S/C17H26IN3O3S/c1-5-14(6-2)19-20-17(22)16(11-12(3)4)21-25(23,24)15-9-7-13(18)8-10-15/h7-10,12,16,21H,5-6,11H2,1-4H3,(H,20,22). The molecule has 0 radical (unpaired) electrons. The lowest BCUT2D eigenvalue weighted by atomic mass is 10.0. The number of hydrogen-bond acceptors (Lipinski definition) is 4. The number of sulfonamides is 1. The van der Waals surface area contributed by atoms with Gasteiger partial charge in [-0.2, -0.15) is 9.82 Å². The average Bonchev–Trinajstić information content (AvgIpc) is 2.54. The Morgan fingerprint density at radius 2 is 1.72 bits per heavy atom. The van der Waals surface area contributed by atoms with E-state index in [-0.39, 0.29) is 10.8 Å². The Labute approximate surface area is 164 Å². The summed E-state index contributed by atoms with van der Waals surface area (Å²) in [6.07, 6.45) is 1.86. The molecule has 0 bridgehead atoms.